The lowest BCUT2D eigenvalue weighted by Crippen LogP contribution is -2.59. The topological polar surface area (TPSA) is 66.0 Å². The summed E-state index contributed by atoms with van der Waals surface area (Å²) in [4.78, 5) is 35.5. The third kappa shape index (κ3) is 3.99. The summed E-state index contributed by atoms with van der Waals surface area (Å²) < 4.78 is 6.36. The number of rotatable bonds is 4. The summed E-state index contributed by atoms with van der Waals surface area (Å²) in [6.45, 7) is 3.12. The molecule has 7 nitrogen and oxygen atoms in total. The maximum Gasteiger partial charge on any atom is 0.253 e. The fourth-order valence-electron chi connectivity index (χ4n) is 4.25. The van der Waals surface area contributed by atoms with E-state index in [0.29, 0.717) is 19.6 Å². The summed E-state index contributed by atoms with van der Waals surface area (Å²) in [6.07, 6.45) is 4.06. The quantitative estimate of drug-likeness (QED) is 0.780. The van der Waals surface area contributed by atoms with E-state index in [1.54, 1.807) is 18.1 Å². The first-order chi connectivity index (χ1) is 13.0. The summed E-state index contributed by atoms with van der Waals surface area (Å²) in [7, 11) is 3.81. The second kappa shape index (κ2) is 7.20. The lowest BCUT2D eigenvalue weighted by molar-refractivity contribution is -0.175. The van der Waals surface area contributed by atoms with Crippen molar-refractivity contribution in [3.05, 3.63) is 30.1 Å². The molecular formula is C20H28N4O3. The molecule has 1 aromatic heterocycles. The number of hydrogen-bond acceptors (Lipinski definition) is 5. The lowest BCUT2D eigenvalue weighted by Gasteiger charge is -2.43. The van der Waals surface area contributed by atoms with Crippen LogP contribution in [0, 0.1) is 5.92 Å². The van der Waals surface area contributed by atoms with E-state index in [2.05, 4.69) is 9.88 Å². The Bertz CT molecular complexity index is 708. The molecule has 4 rings (SSSR count). The van der Waals surface area contributed by atoms with E-state index >= 15 is 0 Å². The molecule has 0 N–H and O–H groups in total. The van der Waals surface area contributed by atoms with Crippen LogP contribution in [0.5, 0.6) is 0 Å². The van der Waals surface area contributed by atoms with Crippen LogP contribution in [-0.2, 0) is 20.9 Å². The minimum atomic E-state index is -0.506. The highest BCUT2D eigenvalue weighted by Crippen LogP contribution is 2.36. The number of likely N-dealkylation sites (tertiary alicyclic amines) is 1. The van der Waals surface area contributed by atoms with Crippen molar-refractivity contribution in [3.8, 4) is 0 Å². The molecule has 1 spiro atoms. The molecule has 7 heteroatoms. The van der Waals surface area contributed by atoms with Gasteiger partial charge >= 0.3 is 0 Å². The molecule has 1 saturated carbocycles. The fraction of sp³-hybridized carbons (Fsp3) is 0.650. The molecule has 27 heavy (non-hydrogen) atoms. The molecule has 0 radical (unpaired) electrons. The summed E-state index contributed by atoms with van der Waals surface area (Å²) in [6, 6.07) is 5.70. The number of carbonyl (C=O) groups excluding carboxylic acids is 2. The molecule has 3 heterocycles. The van der Waals surface area contributed by atoms with E-state index in [9.17, 15) is 9.59 Å². The molecule has 1 aromatic rings. The molecule has 0 aromatic carbocycles. The standard InChI is InChI=1S/C20H28N4O3/c1-22-12-17(19(26)23(2)11-16-5-3-4-9-21-16)27-20(13-22)8-10-24(14-20)18(25)15-6-7-15/h3-5,9,15,17H,6-8,10-14H2,1-2H3/t17-,20-/m1/s1. The van der Waals surface area contributed by atoms with Crippen LogP contribution in [-0.4, -0.2) is 83.5 Å². The number of ether oxygens (including phenoxy) is 1. The van der Waals surface area contributed by atoms with Gasteiger partial charge in [-0.3, -0.25) is 14.6 Å². The van der Waals surface area contributed by atoms with Gasteiger partial charge in [0.1, 0.15) is 11.7 Å². The van der Waals surface area contributed by atoms with Crippen LogP contribution < -0.4 is 0 Å². The van der Waals surface area contributed by atoms with Gasteiger partial charge in [0, 0.05) is 38.8 Å². The zero-order valence-electron chi connectivity index (χ0n) is 16.1. The average molecular weight is 372 g/mol. The van der Waals surface area contributed by atoms with Crippen LogP contribution >= 0.6 is 0 Å². The van der Waals surface area contributed by atoms with E-state index in [0.717, 1.165) is 38.0 Å². The monoisotopic (exact) mass is 372 g/mol. The number of pyridine rings is 1. The van der Waals surface area contributed by atoms with Crippen molar-refractivity contribution in [2.45, 2.75) is 37.5 Å². The number of hydrogen-bond donors (Lipinski definition) is 0. The highest BCUT2D eigenvalue weighted by Gasteiger charge is 2.49. The van der Waals surface area contributed by atoms with Gasteiger partial charge in [-0.1, -0.05) is 6.07 Å². The second-order valence-electron chi connectivity index (χ2n) is 8.29. The molecule has 2 atom stereocenters. The van der Waals surface area contributed by atoms with Crippen LogP contribution in [0.1, 0.15) is 25.0 Å². The molecule has 146 valence electrons. The molecule has 3 aliphatic rings. The largest absolute Gasteiger partial charge is 0.357 e. The van der Waals surface area contributed by atoms with Crippen LogP contribution in [0.4, 0.5) is 0 Å². The molecule has 3 fully saturated rings. The number of amides is 2. The zero-order chi connectivity index (χ0) is 19.0. The first-order valence-corrected chi connectivity index (χ1v) is 9.76. The predicted octanol–water partition coefficient (Wildman–Crippen LogP) is 0.752. The van der Waals surface area contributed by atoms with E-state index in [1.807, 2.05) is 30.1 Å². The SMILES string of the molecule is CN1C[C@H](C(=O)N(C)Cc2ccccn2)O[C@]2(CCN(C(=O)C3CC3)C2)C1. The van der Waals surface area contributed by atoms with Crippen molar-refractivity contribution in [2.24, 2.45) is 5.92 Å². The minimum Gasteiger partial charge on any atom is -0.357 e. The lowest BCUT2D eigenvalue weighted by atomic mass is 9.99. The van der Waals surface area contributed by atoms with Gasteiger partial charge in [-0.25, -0.2) is 0 Å². The Morgan fingerprint density at radius 3 is 2.85 bits per heavy atom. The summed E-state index contributed by atoms with van der Waals surface area (Å²) >= 11 is 0. The van der Waals surface area contributed by atoms with Crippen molar-refractivity contribution in [2.75, 3.05) is 40.3 Å². The Balaban J connectivity index is 1.41. The minimum absolute atomic E-state index is 0.0291. The van der Waals surface area contributed by atoms with E-state index in [1.165, 1.54) is 0 Å². The first kappa shape index (κ1) is 18.4. The highest BCUT2D eigenvalue weighted by molar-refractivity contribution is 5.82. The van der Waals surface area contributed by atoms with Crippen molar-refractivity contribution in [3.63, 3.8) is 0 Å². The van der Waals surface area contributed by atoms with Crippen molar-refractivity contribution in [1.29, 1.82) is 0 Å². The van der Waals surface area contributed by atoms with Gasteiger partial charge in [-0.2, -0.15) is 0 Å². The number of likely N-dealkylation sites (N-methyl/N-ethyl adjacent to an activating group) is 2. The van der Waals surface area contributed by atoms with Gasteiger partial charge in [-0.05, 0) is 38.4 Å². The van der Waals surface area contributed by atoms with Gasteiger partial charge in [0.05, 0.1) is 18.8 Å². The normalized spacial score (nSPS) is 28.5. The number of nitrogens with zero attached hydrogens (tertiary/aromatic N) is 4. The Hall–Kier alpha value is -1.99. The van der Waals surface area contributed by atoms with Crippen molar-refractivity contribution >= 4 is 11.8 Å². The molecule has 2 saturated heterocycles. The Morgan fingerprint density at radius 2 is 2.15 bits per heavy atom. The Morgan fingerprint density at radius 1 is 1.33 bits per heavy atom. The van der Waals surface area contributed by atoms with Crippen LogP contribution in [0.15, 0.2) is 24.4 Å². The van der Waals surface area contributed by atoms with Gasteiger partial charge in [0.2, 0.25) is 5.91 Å². The van der Waals surface area contributed by atoms with Crippen molar-refractivity contribution < 1.29 is 14.3 Å². The number of aromatic nitrogens is 1. The Labute approximate surface area is 160 Å². The van der Waals surface area contributed by atoms with Gasteiger partial charge in [0.25, 0.3) is 5.91 Å². The first-order valence-electron chi connectivity index (χ1n) is 9.76. The third-order valence-electron chi connectivity index (χ3n) is 5.76. The van der Waals surface area contributed by atoms with E-state index in [4.69, 9.17) is 4.74 Å². The zero-order valence-corrected chi connectivity index (χ0v) is 16.1. The summed E-state index contributed by atoms with van der Waals surface area (Å²) in [5.41, 5.74) is 0.429. The molecule has 0 unspecified atom stereocenters. The second-order valence-corrected chi connectivity index (χ2v) is 8.29. The smallest absolute Gasteiger partial charge is 0.253 e. The van der Waals surface area contributed by atoms with Gasteiger partial charge < -0.3 is 19.4 Å². The highest BCUT2D eigenvalue weighted by atomic mass is 16.5. The average Bonchev–Trinajstić information content (AvgIpc) is 3.43. The molecule has 2 amide bonds. The maximum atomic E-state index is 13.0. The Kier molecular flexibility index (Phi) is 4.90. The molecular weight excluding hydrogens is 344 g/mol. The van der Waals surface area contributed by atoms with Crippen molar-refractivity contribution in [1.82, 2.24) is 19.7 Å². The van der Waals surface area contributed by atoms with Crippen LogP contribution in [0.3, 0.4) is 0 Å². The third-order valence-corrected chi connectivity index (χ3v) is 5.76. The predicted molar refractivity (Wildman–Crippen MR) is 99.7 cm³/mol. The van der Waals surface area contributed by atoms with Crippen LogP contribution in [0.25, 0.3) is 0 Å². The molecule has 2 aliphatic heterocycles. The van der Waals surface area contributed by atoms with Gasteiger partial charge in [0.15, 0.2) is 0 Å². The number of morpholine rings is 1. The van der Waals surface area contributed by atoms with Crippen LogP contribution in [0.2, 0.25) is 0 Å². The van der Waals surface area contributed by atoms with E-state index < -0.39 is 11.7 Å². The summed E-state index contributed by atoms with van der Waals surface area (Å²) in [5.74, 6) is 0.459. The van der Waals surface area contributed by atoms with E-state index in [-0.39, 0.29) is 17.7 Å². The molecule has 0 bridgehead atoms. The maximum absolute atomic E-state index is 13.0. The van der Waals surface area contributed by atoms with Gasteiger partial charge in [-0.15, -0.1) is 0 Å². The fourth-order valence-corrected chi connectivity index (χ4v) is 4.25. The molecule has 1 aliphatic carbocycles. The summed E-state index contributed by atoms with van der Waals surface area (Å²) in [5, 5.41) is 0. The number of carbonyl (C=O) groups is 2.